The second kappa shape index (κ2) is 9.44. The summed E-state index contributed by atoms with van der Waals surface area (Å²) in [4.78, 5) is 0. The van der Waals surface area contributed by atoms with Crippen LogP contribution in [0.3, 0.4) is 0 Å². The quantitative estimate of drug-likeness (QED) is 0.201. The molecule has 1 heterocycles. The van der Waals surface area contributed by atoms with Crippen molar-refractivity contribution in [3.05, 3.63) is 158 Å². The molecule has 0 unspecified atom stereocenters. The average Bonchev–Trinajstić information content (AvgIpc) is 3.45. The van der Waals surface area contributed by atoms with Crippen LogP contribution in [0.1, 0.15) is 0 Å². The lowest BCUT2D eigenvalue weighted by Crippen LogP contribution is -1.86. The first kappa shape index (κ1) is 24.0. The Hall–Kier alpha value is -5.66. The van der Waals surface area contributed by atoms with Crippen LogP contribution in [0.4, 0.5) is 0 Å². The topological polar surface area (TPSA) is 13.1 Å². The Labute approximate surface area is 249 Å². The summed E-state index contributed by atoms with van der Waals surface area (Å²) in [7, 11) is 0. The Morgan fingerprint density at radius 2 is 0.837 bits per heavy atom. The Morgan fingerprint density at radius 1 is 0.279 bits per heavy atom. The highest BCUT2D eigenvalue weighted by atomic mass is 16.3. The Bertz CT molecular complexity index is 2500. The molecular weight excluding hydrogens is 520 g/mol. The van der Waals surface area contributed by atoms with E-state index in [-0.39, 0.29) is 0 Å². The molecule has 0 bridgehead atoms. The standard InChI is InChI=1S/C42H26O/c1-2-8-27(9-3-1)30-18-20-41-39(24-30)40-25-31(19-21-42(40)43-41)29-16-14-28-15-17-33(23-34(28)22-29)38-26-32-10-4-5-11-35(32)36-12-6-7-13-37(36)38/h1-26H. The van der Waals surface area contributed by atoms with Crippen LogP contribution in [0.2, 0.25) is 0 Å². The van der Waals surface area contributed by atoms with Crippen LogP contribution in [0.15, 0.2) is 162 Å². The van der Waals surface area contributed by atoms with Crippen molar-refractivity contribution in [3.8, 4) is 33.4 Å². The summed E-state index contributed by atoms with van der Waals surface area (Å²) in [6, 6.07) is 56.9. The van der Waals surface area contributed by atoms with E-state index in [4.69, 9.17) is 4.42 Å². The minimum Gasteiger partial charge on any atom is -0.456 e. The normalized spacial score (nSPS) is 11.7. The number of fused-ring (bicyclic) bond motifs is 7. The van der Waals surface area contributed by atoms with Gasteiger partial charge in [0.15, 0.2) is 0 Å². The molecular formula is C42H26O. The summed E-state index contributed by atoms with van der Waals surface area (Å²) in [5, 5.41) is 9.88. The molecule has 1 nitrogen and oxygen atoms in total. The van der Waals surface area contributed by atoms with E-state index in [9.17, 15) is 0 Å². The largest absolute Gasteiger partial charge is 0.456 e. The van der Waals surface area contributed by atoms with E-state index in [1.807, 2.05) is 0 Å². The van der Waals surface area contributed by atoms with Gasteiger partial charge in [-0.05, 0) is 108 Å². The van der Waals surface area contributed by atoms with E-state index in [1.165, 1.54) is 65.7 Å². The fourth-order valence-corrected chi connectivity index (χ4v) is 6.65. The van der Waals surface area contributed by atoms with Gasteiger partial charge in [-0.1, -0.05) is 115 Å². The van der Waals surface area contributed by atoms with Crippen molar-refractivity contribution < 1.29 is 4.42 Å². The minimum atomic E-state index is 0.912. The fourth-order valence-electron chi connectivity index (χ4n) is 6.65. The van der Waals surface area contributed by atoms with E-state index in [0.717, 1.165) is 21.9 Å². The molecule has 0 atom stereocenters. The van der Waals surface area contributed by atoms with Crippen LogP contribution in [0.5, 0.6) is 0 Å². The minimum absolute atomic E-state index is 0.912. The van der Waals surface area contributed by atoms with Crippen molar-refractivity contribution in [3.63, 3.8) is 0 Å². The summed E-state index contributed by atoms with van der Waals surface area (Å²) in [5.41, 5.74) is 9.11. The lowest BCUT2D eigenvalue weighted by molar-refractivity contribution is 0.669. The summed E-state index contributed by atoms with van der Waals surface area (Å²) in [6.07, 6.45) is 0. The third-order valence-corrected chi connectivity index (χ3v) is 8.83. The molecule has 1 heteroatoms. The smallest absolute Gasteiger partial charge is 0.135 e. The molecule has 0 saturated carbocycles. The van der Waals surface area contributed by atoms with Crippen LogP contribution in [-0.4, -0.2) is 0 Å². The van der Waals surface area contributed by atoms with Crippen molar-refractivity contribution in [2.24, 2.45) is 0 Å². The number of hydrogen-bond acceptors (Lipinski definition) is 1. The first-order chi connectivity index (χ1) is 21.3. The molecule has 0 N–H and O–H groups in total. The van der Waals surface area contributed by atoms with E-state index >= 15 is 0 Å². The molecule has 200 valence electrons. The second-order valence-corrected chi connectivity index (χ2v) is 11.4. The molecule has 0 fully saturated rings. The Kier molecular flexibility index (Phi) is 5.27. The lowest BCUT2D eigenvalue weighted by Gasteiger charge is -2.12. The van der Waals surface area contributed by atoms with E-state index in [0.29, 0.717) is 0 Å². The summed E-state index contributed by atoms with van der Waals surface area (Å²) >= 11 is 0. The summed E-state index contributed by atoms with van der Waals surface area (Å²) in [5.74, 6) is 0. The summed E-state index contributed by atoms with van der Waals surface area (Å²) < 4.78 is 6.23. The molecule has 0 saturated heterocycles. The third kappa shape index (κ3) is 3.94. The van der Waals surface area contributed by atoms with Crippen LogP contribution in [0.25, 0.3) is 87.6 Å². The maximum atomic E-state index is 6.23. The molecule has 0 amide bonds. The fraction of sp³-hybridized carbons (Fsp3) is 0. The monoisotopic (exact) mass is 546 g/mol. The van der Waals surface area contributed by atoms with Crippen molar-refractivity contribution in [1.82, 2.24) is 0 Å². The predicted molar refractivity (Wildman–Crippen MR) is 183 cm³/mol. The Morgan fingerprint density at radius 3 is 1.60 bits per heavy atom. The molecule has 43 heavy (non-hydrogen) atoms. The van der Waals surface area contributed by atoms with E-state index < -0.39 is 0 Å². The van der Waals surface area contributed by atoms with Crippen molar-refractivity contribution in [1.29, 1.82) is 0 Å². The van der Waals surface area contributed by atoms with Crippen molar-refractivity contribution >= 4 is 54.3 Å². The van der Waals surface area contributed by atoms with Gasteiger partial charge in [-0.25, -0.2) is 0 Å². The van der Waals surface area contributed by atoms with Gasteiger partial charge in [0.05, 0.1) is 0 Å². The van der Waals surface area contributed by atoms with Gasteiger partial charge in [0.2, 0.25) is 0 Å². The van der Waals surface area contributed by atoms with Gasteiger partial charge in [0.25, 0.3) is 0 Å². The average molecular weight is 547 g/mol. The van der Waals surface area contributed by atoms with Crippen molar-refractivity contribution in [2.75, 3.05) is 0 Å². The van der Waals surface area contributed by atoms with Crippen LogP contribution >= 0.6 is 0 Å². The van der Waals surface area contributed by atoms with E-state index in [2.05, 4.69) is 158 Å². The van der Waals surface area contributed by atoms with Gasteiger partial charge in [0.1, 0.15) is 11.2 Å². The van der Waals surface area contributed by atoms with Gasteiger partial charge >= 0.3 is 0 Å². The molecule has 0 spiro atoms. The first-order valence-electron chi connectivity index (χ1n) is 14.8. The SMILES string of the molecule is c1ccc(-c2ccc3oc4ccc(-c5ccc6ccc(-c7cc8ccccc8c8ccccc78)cc6c5)cc4c3c2)cc1. The third-order valence-electron chi connectivity index (χ3n) is 8.83. The van der Waals surface area contributed by atoms with Crippen LogP contribution in [-0.2, 0) is 0 Å². The molecule has 9 rings (SSSR count). The molecule has 8 aromatic carbocycles. The van der Waals surface area contributed by atoms with Gasteiger partial charge in [-0.15, -0.1) is 0 Å². The lowest BCUT2D eigenvalue weighted by atomic mass is 9.91. The molecule has 0 aliphatic rings. The van der Waals surface area contributed by atoms with Gasteiger partial charge in [-0.2, -0.15) is 0 Å². The zero-order chi connectivity index (χ0) is 28.3. The number of benzene rings is 8. The number of hydrogen-bond donors (Lipinski definition) is 0. The highest BCUT2D eigenvalue weighted by molar-refractivity contribution is 6.14. The van der Waals surface area contributed by atoms with Gasteiger partial charge in [0, 0.05) is 10.8 Å². The van der Waals surface area contributed by atoms with Crippen molar-refractivity contribution in [2.45, 2.75) is 0 Å². The van der Waals surface area contributed by atoms with Crippen LogP contribution < -0.4 is 0 Å². The maximum absolute atomic E-state index is 6.23. The number of rotatable bonds is 3. The highest BCUT2D eigenvalue weighted by Gasteiger charge is 2.12. The molecule has 9 aromatic rings. The zero-order valence-electron chi connectivity index (χ0n) is 23.4. The first-order valence-corrected chi connectivity index (χ1v) is 14.8. The molecule has 0 aliphatic heterocycles. The molecule has 0 aliphatic carbocycles. The van der Waals surface area contributed by atoms with Crippen LogP contribution in [0, 0.1) is 0 Å². The summed E-state index contributed by atoms with van der Waals surface area (Å²) in [6.45, 7) is 0. The Balaban J connectivity index is 1.18. The van der Waals surface area contributed by atoms with Gasteiger partial charge in [-0.3, -0.25) is 0 Å². The molecule has 1 aromatic heterocycles. The maximum Gasteiger partial charge on any atom is 0.135 e. The zero-order valence-corrected chi connectivity index (χ0v) is 23.4. The van der Waals surface area contributed by atoms with E-state index in [1.54, 1.807) is 0 Å². The van der Waals surface area contributed by atoms with Gasteiger partial charge < -0.3 is 4.42 Å². The number of furan rings is 1. The molecule has 0 radical (unpaired) electrons. The highest BCUT2D eigenvalue weighted by Crippen LogP contribution is 2.38. The predicted octanol–water partition coefficient (Wildman–Crippen LogP) is 12.0. The second-order valence-electron chi connectivity index (χ2n) is 11.4.